The SMILES string of the molecule is CCc1ccc(NC(=O)COC(=O)[C@@H](Sc2ccccc2)c2ccccc2)cc1. The van der Waals surface area contributed by atoms with Crippen LogP contribution in [0, 0.1) is 0 Å². The number of esters is 1. The second kappa shape index (κ2) is 10.5. The Hall–Kier alpha value is -3.05. The van der Waals surface area contributed by atoms with Gasteiger partial charge in [-0.25, -0.2) is 0 Å². The highest BCUT2D eigenvalue weighted by atomic mass is 32.2. The van der Waals surface area contributed by atoms with Crippen molar-refractivity contribution in [2.75, 3.05) is 11.9 Å². The summed E-state index contributed by atoms with van der Waals surface area (Å²) in [5, 5.41) is 2.21. The van der Waals surface area contributed by atoms with Gasteiger partial charge < -0.3 is 10.1 Å². The summed E-state index contributed by atoms with van der Waals surface area (Å²) in [6.45, 7) is 1.75. The number of anilines is 1. The smallest absolute Gasteiger partial charge is 0.324 e. The van der Waals surface area contributed by atoms with E-state index in [-0.39, 0.29) is 12.5 Å². The Kier molecular flexibility index (Phi) is 7.47. The maximum Gasteiger partial charge on any atom is 0.324 e. The molecule has 0 aliphatic rings. The summed E-state index contributed by atoms with van der Waals surface area (Å²) in [7, 11) is 0. The normalized spacial score (nSPS) is 11.5. The van der Waals surface area contributed by atoms with Gasteiger partial charge in [0, 0.05) is 10.6 Å². The van der Waals surface area contributed by atoms with Crippen molar-refractivity contribution in [3.8, 4) is 0 Å². The molecule has 3 aromatic rings. The number of hydrogen-bond acceptors (Lipinski definition) is 4. The molecule has 29 heavy (non-hydrogen) atoms. The minimum atomic E-state index is -0.546. The minimum absolute atomic E-state index is 0.326. The van der Waals surface area contributed by atoms with E-state index in [1.807, 2.05) is 84.9 Å². The number of aryl methyl sites for hydroxylation is 1. The molecule has 3 rings (SSSR count). The quantitative estimate of drug-likeness (QED) is 0.410. The first kappa shape index (κ1) is 20.7. The molecule has 148 valence electrons. The summed E-state index contributed by atoms with van der Waals surface area (Å²) >= 11 is 1.40. The molecule has 0 aliphatic carbocycles. The number of nitrogens with one attached hydrogen (secondary N) is 1. The van der Waals surface area contributed by atoms with Gasteiger partial charge in [0.2, 0.25) is 0 Å². The Labute approximate surface area is 175 Å². The molecule has 3 aromatic carbocycles. The van der Waals surface area contributed by atoms with E-state index in [1.165, 1.54) is 17.3 Å². The van der Waals surface area contributed by atoms with Crippen LogP contribution in [0.3, 0.4) is 0 Å². The average molecular weight is 406 g/mol. The second-order valence-corrected chi connectivity index (χ2v) is 7.61. The third kappa shape index (κ3) is 6.22. The van der Waals surface area contributed by atoms with E-state index in [9.17, 15) is 9.59 Å². The van der Waals surface area contributed by atoms with Crippen molar-refractivity contribution in [3.63, 3.8) is 0 Å². The largest absolute Gasteiger partial charge is 0.454 e. The number of carbonyl (C=O) groups is 2. The van der Waals surface area contributed by atoms with E-state index < -0.39 is 11.2 Å². The lowest BCUT2D eigenvalue weighted by molar-refractivity contribution is -0.146. The Bertz CT molecular complexity index is 927. The third-order valence-corrected chi connectivity index (χ3v) is 5.55. The number of rotatable bonds is 8. The fourth-order valence-corrected chi connectivity index (χ4v) is 3.79. The first-order valence-electron chi connectivity index (χ1n) is 9.48. The van der Waals surface area contributed by atoms with Gasteiger partial charge in [-0.05, 0) is 41.8 Å². The van der Waals surface area contributed by atoms with Crippen LogP contribution in [0.4, 0.5) is 5.69 Å². The standard InChI is InChI=1S/C24H23NO3S/c1-2-18-13-15-20(16-14-18)25-22(26)17-28-24(27)23(19-9-5-3-6-10-19)29-21-11-7-4-8-12-21/h3-16,23H,2,17H2,1H3,(H,25,26)/t23-/m0/s1. The molecule has 4 nitrogen and oxygen atoms in total. The Balaban J connectivity index is 1.62. The van der Waals surface area contributed by atoms with Gasteiger partial charge in [-0.1, -0.05) is 67.6 Å². The first-order chi connectivity index (χ1) is 14.2. The molecule has 0 aromatic heterocycles. The lowest BCUT2D eigenvalue weighted by Gasteiger charge is -2.16. The maximum atomic E-state index is 12.8. The number of hydrogen-bond donors (Lipinski definition) is 1. The van der Waals surface area contributed by atoms with Crippen LogP contribution in [0.5, 0.6) is 0 Å². The molecule has 0 saturated heterocycles. The topological polar surface area (TPSA) is 55.4 Å². The summed E-state index contributed by atoms with van der Waals surface area (Å²) in [5.41, 5.74) is 2.71. The fraction of sp³-hybridized carbons (Fsp3) is 0.167. The third-order valence-electron chi connectivity index (χ3n) is 4.31. The highest BCUT2D eigenvalue weighted by Crippen LogP contribution is 2.36. The van der Waals surface area contributed by atoms with Gasteiger partial charge in [0.05, 0.1) is 0 Å². The van der Waals surface area contributed by atoms with Gasteiger partial charge in [-0.2, -0.15) is 0 Å². The van der Waals surface area contributed by atoms with Crippen LogP contribution in [-0.2, 0) is 20.7 Å². The zero-order valence-corrected chi connectivity index (χ0v) is 17.0. The highest BCUT2D eigenvalue weighted by molar-refractivity contribution is 8.00. The predicted molar refractivity (Wildman–Crippen MR) is 117 cm³/mol. The van der Waals surface area contributed by atoms with Crippen molar-refractivity contribution in [3.05, 3.63) is 96.1 Å². The molecule has 1 amide bonds. The summed E-state index contributed by atoms with van der Waals surface area (Å²) < 4.78 is 5.34. The van der Waals surface area contributed by atoms with Crippen LogP contribution in [0.2, 0.25) is 0 Å². The lowest BCUT2D eigenvalue weighted by Crippen LogP contribution is -2.23. The molecule has 0 unspecified atom stereocenters. The first-order valence-corrected chi connectivity index (χ1v) is 10.4. The van der Waals surface area contributed by atoms with Gasteiger partial charge in [-0.3, -0.25) is 9.59 Å². The second-order valence-electron chi connectivity index (χ2n) is 6.43. The molecule has 0 saturated carbocycles. The van der Waals surface area contributed by atoms with Crippen LogP contribution in [0.1, 0.15) is 23.3 Å². The number of thioether (sulfide) groups is 1. The maximum absolute atomic E-state index is 12.8. The van der Waals surface area contributed by atoms with E-state index in [0.29, 0.717) is 5.69 Å². The average Bonchev–Trinajstić information content (AvgIpc) is 2.77. The molecule has 0 spiro atoms. The molecule has 1 atom stereocenters. The highest BCUT2D eigenvalue weighted by Gasteiger charge is 2.24. The monoisotopic (exact) mass is 405 g/mol. The fourth-order valence-electron chi connectivity index (χ4n) is 2.75. The van der Waals surface area contributed by atoms with Crippen LogP contribution >= 0.6 is 11.8 Å². The van der Waals surface area contributed by atoms with Gasteiger partial charge >= 0.3 is 5.97 Å². The summed E-state index contributed by atoms with van der Waals surface area (Å²) in [5.74, 6) is -0.805. The number of carbonyl (C=O) groups excluding carboxylic acids is 2. The Morgan fingerprint density at radius 3 is 2.14 bits per heavy atom. The zero-order chi connectivity index (χ0) is 20.5. The molecule has 0 radical (unpaired) electrons. The molecular formula is C24H23NO3S. The molecule has 0 aliphatic heterocycles. The summed E-state index contributed by atoms with van der Waals surface area (Å²) in [4.78, 5) is 25.9. The van der Waals surface area contributed by atoms with Crippen LogP contribution in [0.25, 0.3) is 0 Å². The Morgan fingerprint density at radius 2 is 1.52 bits per heavy atom. The van der Waals surface area contributed by atoms with Crippen LogP contribution in [-0.4, -0.2) is 18.5 Å². The molecule has 0 heterocycles. The van der Waals surface area contributed by atoms with Crippen molar-refractivity contribution < 1.29 is 14.3 Å². The van der Waals surface area contributed by atoms with Crippen molar-refractivity contribution in [2.24, 2.45) is 0 Å². The van der Waals surface area contributed by atoms with E-state index >= 15 is 0 Å². The zero-order valence-electron chi connectivity index (χ0n) is 16.2. The molecule has 1 N–H and O–H groups in total. The van der Waals surface area contributed by atoms with E-state index in [0.717, 1.165) is 16.9 Å². The van der Waals surface area contributed by atoms with Crippen molar-refractivity contribution >= 4 is 29.3 Å². The van der Waals surface area contributed by atoms with Crippen LogP contribution in [0.15, 0.2) is 89.8 Å². The minimum Gasteiger partial charge on any atom is -0.454 e. The molecule has 0 fully saturated rings. The lowest BCUT2D eigenvalue weighted by atomic mass is 10.1. The molecule has 0 bridgehead atoms. The number of benzene rings is 3. The van der Waals surface area contributed by atoms with Crippen molar-refractivity contribution in [1.82, 2.24) is 0 Å². The van der Waals surface area contributed by atoms with Crippen molar-refractivity contribution in [2.45, 2.75) is 23.5 Å². The van der Waals surface area contributed by atoms with Gasteiger partial charge in [0.1, 0.15) is 5.25 Å². The van der Waals surface area contributed by atoms with Gasteiger partial charge in [0.15, 0.2) is 6.61 Å². The Morgan fingerprint density at radius 1 is 0.897 bits per heavy atom. The van der Waals surface area contributed by atoms with Crippen LogP contribution < -0.4 is 5.32 Å². The van der Waals surface area contributed by atoms with E-state index in [2.05, 4.69) is 12.2 Å². The van der Waals surface area contributed by atoms with E-state index in [4.69, 9.17) is 4.74 Å². The van der Waals surface area contributed by atoms with Gasteiger partial charge in [-0.15, -0.1) is 11.8 Å². The summed E-state index contributed by atoms with van der Waals surface area (Å²) in [6, 6.07) is 26.7. The summed E-state index contributed by atoms with van der Waals surface area (Å²) in [6.07, 6.45) is 0.936. The predicted octanol–water partition coefficient (Wildman–Crippen LogP) is 5.26. The molecule has 5 heteroatoms. The van der Waals surface area contributed by atoms with Gasteiger partial charge in [0.25, 0.3) is 5.91 Å². The van der Waals surface area contributed by atoms with E-state index in [1.54, 1.807) is 0 Å². The van der Waals surface area contributed by atoms with Crippen molar-refractivity contribution in [1.29, 1.82) is 0 Å². The number of amides is 1. The number of ether oxygens (including phenoxy) is 1. The molecular weight excluding hydrogens is 382 g/mol.